The van der Waals surface area contributed by atoms with Gasteiger partial charge < -0.3 is 5.32 Å². The standard InChI is InChI=1S/C23H22N4OS2/c1-17(22(28)24-16-20-13-8-14-29-20)30-23-26-25-21(15-18-9-4-2-5-10-18)27(23)19-11-6-3-7-12-19/h2-14,17H,15-16H2,1H3,(H,24,28). The van der Waals surface area contributed by atoms with Crippen LogP contribution in [0.4, 0.5) is 0 Å². The van der Waals surface area contributed by atoms with Gasteiger partial charge in [0.1, 0.15) is 5.82 Å². The first-order valence-corrected chi connectivity index (χ1v) is 11.5. The van der Waals surface area contributed by atoms with Crippen molar-refractivity contribution in [2.75, 3.05) is 0 Å². The first kappa shape index (κ1) is 20.4. The van der Waals surface area contributed by atoms with Gasteiger partial charge in [0.25, 0.3) is 0 Å². The SMILES string of the molecule is CC(Sc1nnc(Cc2ccccc2)n1-c1ccccc1)C(=O)NCc1cccs1. The molecule has 30 heavy (non-hydrogen) atoms. The topological polar surface area (TPSA) is 59.8 Å². The average molecular weight is 435 g/mol. The van der Waals surface area contributed by atoms with E-state index in [0.29, 0.717) is 18.1 Å². The number of hydrogen-bond donors (Lipinski definition) is 1. The van der Waals surface area contributed by atoms with Crippen LogP contribution < -0.4 is 5.32 Å². The fourth-order valence-electron chi connectivity index (χ4n) is 3.05. The Bertz CT molecular complexity index is 1080. The van der Waals surface area contributed by atoms with Crippen molar-refractivity contribution in [1.82, 2.24) is 20.1 Å². The van der Waals surface area contributed by atoms with E-state index in [9.17, 15) is 4.79 Å². The van der Waals surface area contributed by atoms with E-state index in [1.165, 1.54) is 17.3 Å². The molecule has 0 aliphatic heterocycles. The van der Waals surface area contributed by atoms with Crippen molar-refractivity contribution < 1.29 is 4.79 Å². The summed E-state index contributed by atoms with van der Waals surface area (Å²) in [5.41, 5.74) is 2.16. The molecule has 2 aromatic heterocycles. The van der Waals surface area contributed by atoms with Crippen molar-refractivity contribution >= 4 is 29.0 Å². The zero-order valence-corrected chi connectivity index (χ0v) is 18.2. The van der Waals surface area contributed by atoms with Crippen LogP contribution >= 0.6 is 23.1 Å². The Morgan fingerprint density at radius 3 is 2.47 bits per heavy atom. The Kier molecular flexibility index (Phi) is 6.61. The minimum absolute atomic E-state index is 0.0133. The summed E-state index contributed by atoms with van der Waals surface area (Å²) in [5.74, 6) is 0.835. The average Bonchev–Trinajstić information content (AvgIpc) is 3.43. The number of thiophene rings is 1. The van der Waals surface area contributed by atoms with E-state index in [4.69, 9.17) is 0 Å². The molecule has 7 heteroatoms. The zero-order valence-electron chi connectivity index (χ0n) is 16.6. The maximum absolute atomic E-state index is 12.6. The normalized spacial score (nSPS) is 11.9. The third-order valence-electron chi connectivity index (χ3n) is 4.59. The van der Waals surface area contributed by atoms with Crippen molar-refractivity contribution in [2.24, 2.45) is 0 Å². The minimum atomic E-state index is -0.291. The molecule has 1 amide bonds. The van der Waals surface area contributed by atoms with Crippen LogP contribution in [0.5, 0.6) is 0 Å². The van der Waals surface area contributed by atoms with E-state index in [0.717, 1.165) is 16.4 Å². The van der Waals surface area contributed by atoms with Crippen molar-refractivity contribution in [3.05, 3.63) is 94.4 Å². The summed E-state index contributed by atoms with van der Waals surface area (Å²) in [7, 11) is 0. The van der Waals surface area contributed by atoms with Crippen molar-refractivity contribution in [3.63, 3.8) is 0 Å². The molecule has 0 aliphatic carbocycles. The Balaban J connectivity index is 1.54. The quantitative estimate of drug-likeness (QED) is 0.408. The second-order valence-electron chi connectivity index (χ2n) is 6.79. The predicted molar refractivity (Wildman–Crippen MR) is 122 cm³/mol. The molecule has 0 aliphatic rings. The van der Waals surface area contributed by atoms with Gasteiger partial charge in [-0.3, -0.25) is 9.36 Å². The number of aromatic nitrogens is 3. The van der Waals surface area contributed by atoms with E-state index >= 15 is 0 Å². The van der Waals surface area contributed by atoms with Crippen molar-refractivity contribution in [3.8, 4) is 5.69 Å². The highest BCUT2D eigenvalue weighted by Crippen LogP contribution is 2.27. The second kappa shape index (κ2) is 9.73. The largest absolute Gasteiger partial charge is 0.350 e. The van der Waals surface area contributed by atoms with Crippen LogP contribution in [0.15, 0.2) is 83.3 Å². The summed E-state index contributed by atoms with van der Waals surface area (Å²) >= 11 is 3.06. The molecule has 0 spiro atoms. The Labute approximate surface area is 184 Å². The fourth-order valence-corrected chi connectivity index (χ4v) is 4.60. The van der Waals surface area contributed by atoms with Gasteiger partial charge in [0.2, 0.25) is 5.91 Å². The summed E-state index contributed by atoms with van der Waals surface area (Å²) in [5, 5.41) is 14.3. The molecule has 4 rings (SSSR count). The Morgan fingerprint density at radius 2 is 1.77 bits per heavy atom. The molecule has 0 fully saturated rings. The smallest absolute Gasteiger partial charge is 0.233 e. The van der Waals surface area contributed by atoms with E-state index in [2.05, 4.69) is 27.6 Å². The number of nitrogens with one attached hydrogen (secondary N) is 1. The third-order valence-corrected chi connectivity index (χ3v) is 6.51. The molecular weight excluding hydrogens is 412 g/mol. The Hall–Kier alpha value is -2.90. The van der Waals surface area contributed by atoms with Crippen molar-refractivity contribution in [1.29, 1.82) is 0 Å². The van der Waals surface area contributed by atoms with E-state index in [1.54, 1.807) is 11.3 Å². The molecule has 152 valence electrons. The number of thioether (sulfide) groups is 1. The monoisotopic (exact) mass is 434 g/mol. The van der Waals surface area contributed by atoms with Gasteiger partial charge in [0.05, 0.1) is 11.8 Å². The number of amides is 1. The summed E-state index contributed by atoms with van der Waals surface area (Å²) < 4.78 is 2.04. The summed E-state index contributed by atoms with van der Waals surface area (Å²) in [4.78, 5) is 13.7. The highest BCUT2D eigenvalue weighted by atomic mass is 32.2. The molecule has 5 nitrogen and oxygen atoms in total. The number of nitrogens with zero attached hydrogens (tertiary/aromatic N) is 3. The Morgan fingerprint density at radius 1 is 1.03 bits per heavy atom. The van der Waals surface area contributed by atoms with Crippen LogP contribution in [0.1, 0.15) is 23.2 Å². The van der Waals surface area contributed by atoms with Gasteiger partial charge in [-0.2, -0.15) is 0 Å². The van der Waals surface area contributed by atoms with Gasteiger partial charge in [-0.1, -0.05) is 66.4 Å². The summed E-state index contributed by atoms with van der Waals surface area (Å²) in [6, 6.07) is 24.2. The lowest BCUT2D eigenvalue weighted by atomic mass is 10.1. The van der Waals surface area contributed by atoms with Crippen LogP contribution in [-0.4, -0.2) is 25.9 Å². The number of rotatable bonds is 8. The summed E-state index contributed by atoms with van der Waals surface area (Å²) in [6.07, 6.45) is 0.669. The highest BCUT2D eigenvalue weighted by molar-refractivity contribution is 8.00. The first-order valence-electron chi connectivity index (χ1n) is 9.71. The molecular formula is C23H22N4OS2. The maximum Gasteiger partial charge on any atom is 0.233 e. The van der Waals surface area contributed by atoms with Gasteiger partial charge in [-0.25, -0.2) is 0 Å². The second-order valence-corrected chi connectivity index (χ2v) is 9.13. The third kappa shape index (κ3) is 4.98. The lowest BCUT2D eigenvalue weighted by molar-refractivity contribution is -0.120. The lowest BCUT2D eigenvalue weighted by Crippen LogP contribution is -2.30. The molecule has 0 saturated carbocycles. The molecule has 2 aromatic carbocycles. The van der Waals surface area contributed by atoms with Gasteiger partial charge >= 0.3 is 0 Å². The van der Waals surface area contributed by atoms with Crippen LogP contribution in [0, 0.1) is 0 Å². The molecule has 0 saturated heterocycles. The zero-order chi connectivity index (χ0) is 20.8. The predicted octanol–water partition coefficient (Wildman–Crippen LogP) is 4.72. The highest BCUT2D eigenvalue weighted by Gasteiger charge is 2.21. The van der Waals surface area contributed by atoms with Crippen LogP contribution in [0.2, 0.25) is 0 Å². The lowest BCUT2D eigenvalue weighted by Gasteiger charge is -2.14. The molecule has 1 unspecified atom stereocenters. The van der Waals surface area contributed by atoms with Gasteiger partial charge in [-0.05, 0) is 36.1 Å². The van der Waals surface area contributed by atoms with E-state index in [-0.39, 0.29) is 11.2 Å². The van der Waals surface area contributed by atoms with E-state index in [1.807, 2.05) is 77.5 Å². The molecule has 1 N–H and O–H groups in total. The summed E-state index contributed by atoms with van der Waals surface area (Å²) in [6.45, 7) is 2.45. The first-order chi connectivity index (χ1) is 14.7. The number of hydrogen-bond acceptors (Lipinski definition) is 5. The van der Waals surface area contributed by atoms with Crippen molar-refractivity contribution in [2.45, 2.75) is 30.3 Å². The van der Waals surface area contributed by atoms with Crippen LogP contribution in [0.3, 0.4) is 0 Å². The fraction of sp³-hybridized carbons (Fsp3) is 0.174. The number of carbonyl (C=O) groups is 1. The van der Waals surface area contributed by atoms with Gasteiger partial charge in [-0.15, -0.1) is 21.5 Å². The van der Waals surface area contributed by atoms with Gasteiger partial charge in [0, 0.05) is 17.0 Å². The van der Waals surface area contributed by atoms with Gasteiger partial charge in [0.15, 0.2) is 5.16 Å². The minimum Gasteiger partial charge on any atom is -0.350 e. The molecule has 0 bridgehead atoms. The molecule has 0 radical (unpaired) electrons. The number of para-hydroxylation sites is 1. The number of carbonyl (C=O) groups excluding carboxylic acids is 1. The molecule has 4 aromatic rings. The molecule has 2 heterocycles. The number of benzene rings is 2. The maximum atomic E-state index is 12.6. The van der Waals surface area contributed by atoms with E-state index < -0.39 is 0 Å². The molecule has 1 atom stereocenters. The van der Waals surface area contributed by atoms with Crippen LogP contribution in [-0.2, 0) is 17.8 Å². The van der Waals surface area contributed by atoms with Crippen LogP contribution in [0.25, 0.3) is 5.69 Å².